The van der Waals surface area contributed by atoms with E-state index in [1.165, 1.54) is 16.5 Å². The van der Waals surface area contributed by atoms with Crippen molar-refractivity contribution < 1.29 is 0 Å². The van der Waals surface area contributed by atoms with Crippen LogP contribution in [0.5, 0.6) is 0 Å². The van der Waals surface area contributed by atoms with Gasteiger partial charge in [-0.2, -0.15) is 4.98 Å². The maximum Gasteiger partial charge on any atom is 0.352 e. The van der Waals surface area contributed by atoms with Gasteiger partial charge in [-0.15, -0.1) is 0 Å². The van der Waals surface area contributed by atoms with Gasteiger partial charge >= 0.3 is 5.69 Å². The van der Waals surface area contributed by atoms with E-state index in [1.54, 1.807) is 13.2 Å². The van der Waals surface area contributed by atoms with Crippen LogP contribution in [0.15, 0.2) is 23.4 Å². The zero-order valence-corrected chi connectivity index (χ0v) is 11.3. The van der Waals surface area contributed by atoms with Gasteiger partial charge in [0.25, 0.3) is 0 Å². The third-order valence-corrected chi connectivity index (χ3v) is 3.07. The van der Waals surface area contributed by atoms with Crippen molar-refractivity contribution in [3.05, 3.63) is 45.9 Å². The van der Waals surface area contributed by atoms with Crippen LogP contribution < -0.4 is 11.0 Å². The average molecular weight is 259 g/mol. The molecule has 0 saturated heterocycles. The molecular formula is C13H17N5O. The summed E-state index contributed by atoms with van der Waals surface area (Å²) in [6, 6.07) is 1.98. The lowest BCUT2D eigenvalue weighted by Gasteiger charge is -2.11. The highest BCUT2D eigenvalue weighted by Crippen LogP contribution is 2.13. The SMILES string of the molecule is CCc1ccnc(C)c1Cn1cnc(NC)nc1=O. The van der Waals surface area contributed by atoms with E-state index in [0.717, 1.165) is 17.7 Å². The molecule has 19 heavy (non-hydrogen) atoms. The molecule has 0 unspecified atom stereocenters. The van der Waals surface area contributed by atoms with E-state index in [-0.39, 0.29) is 5.69 Å². The second-order valence-electron chi connectivity index (χ2n) is 4.23. The molecule has 0 aliphatic rings. The molecule has 2 aromatic rings. The van der Waals surface area contributed by atoms with Gasteiger partial charge in [-0.25, -0.2) is 9.78 Å². The fraction of sp³-hybridized carbons (Fsp3) is 0.385. The second kappa shape index (κ2) is 5.60. The summed E-state index contributed by atoms with van der Waals surface area (Å²) in [4.78, 5) is 24.0. The van der Waals surface area contributed by atoms with E-state index in [0.29, 0.717) is 12.5 Å². The van der Waals surface area contributed by atoms with Gasteiger partial charge in [0, 0.05) is 18.9 Å². The van der Waals surface area contributed by atoms with Crippen LogP contribution >= 0.6 is 0 Å². The minimum absolute atomic E-state index is 0.315. The first-order chi connectivity index (χ1) is 9.15. The molecular weight excluding hydrogens is 242 g/mol. The third kappa shape index (κ3) is 2.78. The minimum atomic E-state index is -0.315. The van der Waals surface area contributed by atoms with E-state index < -0.39 is 0 Å². The van der Waals surface area contributed by atoms with Crippen molar-refractivity contribution >= 4 is 5.95 Å². The average Bonchev–Trinajstić information content (AvgIpc) is 2.42. The maximum absolute atomic E-state index is 11.9. The van der Waals surface area contributed by atoms with E-state index in [9.17, 15) is 4.79 Å². The minimum Gasteiger partial charge on any atom is -0.357 e. The van der Waals surface area contributed by atoms with E-state index in [1.807, 2.05) is 13.0 Å². The molecule has 2 aromatic heterocycles. The Hall–Kier alpha value is -2.24. The molecule has 0 bridgehead atoms. The summed E-state index contributed by atoms with van der Waals surface area (Å²) in [5, 5.41) is 2.74. The van der Waals surface area contributed by atoms with E-state index >= 15 is 0 Å². The zero-order valence-electron chi connectivity index (χ0n) is 11.3. The van der Waals surface area contributed by atoms with Gasteiger partial charge < -0.3 is 5.32 Å². The number of hydrogen-bond acceptors (Lipinski definition) is 5. The molecule has 0 atom stereocenters. The summed E-state index contributed by atoms with van der Waals surface area (Å²) in [6.07, 6.45) is 4.21. The van der Waals surface area contributed by atoms with Crippen LogP contribution in [0.1, 0.15) is 23.7 Å². The molecule has 0 aliphatic heterocycles. The molecule has 0 aliphatic carbocycles. The Labute approximate surface area is 111 Å². The molecule has 6 nitrogen and oxygen atoms in total. The van der Waals surface area contributed by atoms with E-state index in [4.69, 9.17) is 0 Å². The van der Waals surface area contributed by atoms with Crippen LogP contribution in [0.3, 0.4) is 0 Å². The number of aryl methyl sites for hydroxylation is 2. The molecule has 0 radical (unpaired) electrons. The zero-order chi connectivity index (χ0) is 13.8. The van der Waals surface area contributed by atoms with Crippen LogP contribution in [-0.4, -0.2) is 26.6 Å². The molecule has 100 valence electrons. The van der Waals surface area contributed by atoms with Crippen LogP contribution in [0.25, 0.3) is 0 Å². The first kappa shape index (κ1) is 13.2. The largest absolute Gasteiger partial charge is 0.357 e. The van der Waals surface area contributed by atoms with Crippen molar-refractivity contribution in [2.45, 2.75) is 26.8 Å². The van der Waals surface area contributed by atoms with Crippen molar-refractivity contribution in [2.24, 2.45) is 0 Å². The Bertz CT molecular complexity index is 635. The highest BCUT2D eigenvalue weighted by molar-refractivity contribution is 5.29. The number of rotatable bonds is 4. The Balaban J connectivity index is 2.39. The van der Waals surface area contributed by atoms with Crippen molar-refractivity contribution in [3.63, 3.8) is 0 Å². The van der Waals surface area contributed by atoms with Gasteiger partial charge in [-0.05, 0) is 30.5 Å². The molecule has 0 fully saturated rings. The molecule has 1 N–H and O–H groups in total. The van der Waals surface area contributed by atoms with Crippen LogP contribution in [0.2, 0.25) is 0 Å². The lowest BCUT2D eigenvalue weighted by molar-refractivity contribution is 0.691. The number of nitrogens with zero attached hydrogens (tertiary/aromatic N) is 4. The molecule has 0 amide bonds. The van der Waals surface area contributed by atoms with Crippen molar-refractivity contribution in [3.8, 4) is 0 Å². The fourth-order valence-electron chi connectivity index (χ4n) is 1.95. The predicted octanol–water partition coefficient (Wildman–Crippen LogP) is 0.994. The van der Waals surface area contributed by atoms with Gasteiger partial charge in [0.15, 0.2) is 0 Å². The van der Waals surface area contributed by atoms with Crippen molar-refractivity contribution in [1.82, 2.24) is 19.5 Å². The molecule has 0 saturated carbocycles. The number of hydrogen-bond donors (Lipinski definition) is 1. The van der Waals surface area contributed by atoms with Crippen molar-refractivity contribution in [1.29, 1.82) is 0 Å². The topological polar surface area (TPSA) is 72.7 Å². The van der Waals surface area contributed by atoms with Gasteiger partial charge in [0.1, 0.15) is 6.33 Å². The Kier molecular flexibility index (Phi) is 3.89. The van der Waals surface area contributed by atoms with Gasteiger partial charge in [-0.1, -0.05) is 6.92 Å². The van der Waals surface area contributed by atoms with E-state index in [2.05, 4.69) is 27.2 Å². The first-order valence-corrected chi connectivity index (χ1v) is 6.20. The Morgan fingerprint density at radius 3 is 2.79 bits per heavy atom. The number of aromatic nitrogens is 4. The molecule has 0 aromatic carbocycles. The summed E-state index contributed by atoms with van der Waals surface area (Å²) in [5.74, 6) is 0.333. The summed E-state index contributed by atoms with van der Waals surface area (Å²) in [7, 11) is 1.68. The quantitative estimate of drug-likeness (QED) is 0.886. The lowest BCUT2D eigenvalue weighted by atomic mass is 10.0. The standard InChI is InChI=1S/C13H17N5O/c1-4-10-5-6-15-9(2)11(10)7-18-8-16-12(14-3)17-13(18)19/h5-6,8H,4,7H2,1-3H3,(H,14,17,19). The number of nitrogens with one attached hydrogen (secondary N) is 1. The smallest absolute Gasteiger partial charge is 0.352 e. The predicted molar refractivity (Wildman–Crippen MR) is 73.3 cm³/mol. The monoisotopic (exact) mass is 259 g/mol. The number of pyridine rings is 1. The number of anilines is 1. The normalized spacial score (nSPS) is 10.5. The maximum atomic E-state index is 11.9. The summed E-state index contributed by atoms with van der Waals surface area (Å²) < 4.78 is 1.49. The Morgan fingerprint density at radius 2 is 2.16 bits per heavy atom. The summed E-state index contributed by atoms with van der Waals surface area (Å²) >= 11 is 0. The van der Waals surface area contributed by atoms with Gasteiger partial charge in [0.2, 0.25) is 5.95 Å². The fourth-order valence-corrected chi connectivity index (χ4v) is 1.95. The molecule has 2 rings (SSSR count). The Morgan fingerprint density at radius 1 is 1.37 bits per heavy atom. The first-order valence-electron chi connectivity index (χ1n) is 6.20. The summed E-state index contributed by atoms with van der Waals surface area (Å²) in [5.41, 5.74) is 2.87. The third-order valence-electron chi connectivity index (χ3n) is 3.07. The van der Waals surface area contributed by atoms with Gasteiger partial charge in [0.05, 0.1) is 6.54 Å². The van der Waals surface area contributed by atoms with Crippen molar-refractivity contribution in [2.75, 3.05) is 12.4 Å². The second-order valence-corrected chi connectivity index (χ2v) is 4.23. The van der Waals surface area contributed by atoms with Crippen LogP contribution in [0, 0.1) is 6.92 Å². The lowest BCUT2D eigenvalue weighted by Crippen LogP contribution is -2.25. The highest BCUT2D eigenvalue weighted by Gasteiger charge is 2.08. The molecule has 2 heterocycles. The van der Waals surface area contributed by atoms with Gasteiger partial charge in [-0.3, -0.25) is 9.55 Å². The molecule has 6 heteroatoms. The molecule has 0 spiro atoms. The summed E-state index contributed by atoms with van der Waals surface area (Å²) in [6.45, 7) is 4.48. The van der Waals surface area contributed by atoms with Crippen LogP contribution in [-0.2, 0) is 13.0 Å². The van der Waals surface area contributed by atoms with Crippen LogP contribution in [0.4, 0.5) is 5.95 Å². The highest BCUT2D eigenvalue weighted by atomic mass is 16.1.